The van der Waals surface area contributed by atoms with Gasteiger partial charge in [0.25, 0.3) is 0 Å². The lowest BCUT2D eigenvalue weighted by molar-refractivity contribution is 0.586. The Labute approximate surface area is 91.9 Å². The van der Waals surface area contributed by atoms with Crippen LogP contribution in [0.5, 0.6) is 0 Å². The summed E-state index contributed by atoms with van der Waals surface area (Å²) in [4.78, 5) is 0. The van der Waals surface area contributed by atoms with E-state index in [1.165, 1.54) is 12.8 Å². The number of hydrogen-bond donors (Lipinski definition) is 0. The Morgan fingerprint density at radius 2 is 2.00 bits per heavy atom. The van der Waals surface area contributed by atoms with Crippen LogP contribution in [0.4, 0.5) is 0 Å². The van der Waals surface area contributed by atoms with Crippen molar-refractivity contribution in [1.82, 2.24) is 0 Å². The molecule has 0 saturated heterocycles. The maximum atomic E-state index is 11.4. The van der Waals surface area contributed by atoms with Gasteiger partial charge in [0.15, 0.2) is 0 Å². The fraction of sp³-hybridized carbons (Fsp3) is 1.00. The molecule has 1 unspecified atom stereocenters. The van der Waals surface area contributed by atoms with Crippen molar-refractivity contribution in [3.05, 3.63) is 0 Å². The van der Waals surface area contributed by atoms with Crippen molar-refractivity contribution in [2.45, 2.75) is 44.4 Å². The van der Waals surface area contributed by atoms with E-state index in [4.69, 9.17) is 11.6 Å². The summed E-state index contributed by atoms with van der Waals surface area (Å²) in [6.45, 7) is 1.89. The molecule has 0 amide bonds. The van der Waals surface area contributed by atoms with E-state index in [9.17, 15) is 8.42 Å². The minimum absolute atomic E-state index is 0.215. The summed E-state index contributed by atoms with van der Waals surface area (Å²) < 4.78 is 22.7. The summed E-state index contributed by atoms with van der Waals surface area (Å²) in [6, 6.07) is 0. The molecule has 0 spiro atoms. The first-order valence-electron chi connectivity index (χ1n) is 5.39. The first-order chi connectivity index (χ1) is 6.55. The number of halogens is 1. The van der Waals surface area contributed by atoms with Crippen molar-refractivity contribution >= 4 is 21.4 Å². The van der Waals surface area contributed by atoms with E-state index in [1.54, 1.807) is 0 Å². The number of hydrogen-bond acceptors (Lipinski definition) is 2. The molecule has 0 bridgehead atoms. The third-order valence-electron chi connectivity index (χ3n) is 2.58. The molecule has 1 saturated carbocycles. The van der Waals surface area contributed by atoms with Gasteiger partial charge in [0.2, 0.25) is 0 Å². The van der Waals surface area contributed by atoms with Crippen LogP contribution in [0.1, 0.15) is 39.0 Å². The molecule has 1 atom stereocenters. The molecule has 4 heteroatoms. The Bertz CT molecular complexity index is 257. The van der Waals surface area contributed by atoms with Crippen LogP contribution in [-0.2, 0) is 9.84 Å². The van der Waals surface area contributed by atoms with E-state index in [0.29, 0.717) is 17.4 Å². The second-order valence-electron chi connectivity index (χ2n) is 4.15. The third kappa shape index (κ3) is 4.65. The molecule has 1 rings (SSSR count). The second kappa shape index (κ2) is 5.36. The van der Waals surface area contributed by atoms with E-state index in [-0.39, 0.29) is 5.38 Å². The zero-order valence-corrected chi connectivity index (χ0v) is 10.3. The zero-order valence-electron chi connectivity index (χ0n) is 8.71. The highest BCUT2D eigenvalue weighted by Gasteiger charge is 2.29. The van der Waals surface area contributed by atoms with E-state index in [1.807, 2.05) is 6.92 Å². The van der Waals surface area contributed by atoms with Crippen molar-refractivity contribution in [3.8, 4) is 0 Å². The number of alkyl halides is 1. The summed E-state index contributed by atoms with van der Waals surface area (Å²) in [7, 11) is -2.79. The Kier molecular flexibility index (Phi) is 4.71. The van der Waals surface area contributed by atoms with Gasteiger partial charge in [-0.15, -0.1) is 11.6 Å². The molecule has 0 radical (unpaired) electrons. The average Bonchev–Trinajstić information content (AvgIpc) is 2.85. The highest BCUT2D eigenvalue weighted by atomic mass is 35.5. The summed E-state index contributed by atoms with van der Waals surface area (Å²) in [6.07, 6.45) is 4.77. The predicted octanol–water partition coefficient (Wildman–Crippen LogP) is 2.61. The van der Waals surface area contributed by atoms with Gasteiger partial charge in [-0.3, -0.25) is 0 Å². The van der Waals surface area contributed by atoms with E-state index >= 15 is 0 Å². The molecule has 0 aromatic carbocycles. The Morgan fingerprint density at radius 3 is 2.50 bits per heavy atom. The molecule has 0 N–H and O–H groups in total. The van der Waals surface area contributed by atoms with Crippen molar-refractivity contribution in [2.75, 3.05) is 11.5 Å². The first-order valence-corrected chi connectivity index (χ1v) is 7.65. The van der Waals surface area contributed by atoms with E-state index in [2.05, 4.69) is 0 Å². The lowest BCUT2D eigenvalue weighted by atomic mass is 10.2. The number of rotatable bonds is 7. The summed E-state index contributed by atoms with van der Waals surface area (Å²) in [5, 5.41) is 0.215. The molecular weight excluding hydrogens is 220 g/mol. The van der Waals surface area contributed by atoms with Crippen molar-refractivity contribution in [3.63, 3.8) is 0 Å². The Hall–Kier alpha value is 0.240. The highest BCUT2D eigenvalue weighted by molar-refractivity contribution is 7.91. The zero-order chi connectivity index (χ0) is 10.6. The maximum Gasteiger partial charge on any atom is 0.150 e. The minimum Gasteiger partial charge on any atom is -0.229 e. The van der Waals surface area contributed by atoms with Crippen LogP contribution in [0.2, 0.25) is 0 Å². The van der Waals surface area contributed by atoms with E-state index in [0.717, 1.165) is 19.3 Å². The van der Waals surface area contributed by atoms with Crippen LogP contribution in [-0.4, -0.2) is 25.3 Å². The van der Waals surface area contributed by atoms with Crippen LogP contribution in [0.25, 0.3) is 0 Å². The van der Waals surface area contributed by atoms with Gasteiger partial charge in [-0.05, 0) is 38.0 Å². The Balaban J connectivity index is 2.13. The molecular formula is C10H19ClO2S. The second-order valence-corrected chi connectivity index (χ2v) is 7.01. The van der Waals surface area contributed by atoms with Crippen molar-refractivity contribution in [2.24, 2.45) is 5.92 Å². The highest BCUT2D eigenvalue weighted by Crippen LogP contribution is 2.37. The topological polar surface area (TPSA) is 34.1 Å². The maximum absolute atomic E-state index is 11.4. The van der Waals surface area contributed by atoms with E-state index < -0.39 is 9.84 Å². The van der Waals surface area contributed by atoms with Crippen LogP contribution in [0.15, 0.2) is 0 Å². The number of sulfone groups is 1. The third-order valence-corrected chi connectivity index (χ3v) is 5.10. The fourth-order valence-electron chi connectivity index (χ4n) is 1.60. The molecule has 2 nitrogen and oxygen atoms in total. The molecule has 0 aromatic heterocycles. The molecule has 1 aliphatic carbocycles. The monoisotopic (exact) mass is 238 g/mol. The minimum atomic E-state index is -2.79. The van der Waals surface area contributed by atoms with Gasteiger partial charge in [0, 0.05) is 11.1 Å². The van der Waals surface area contributed by atoms with Crippen LogP contribution < -0.4 is 0 Å². The van der Waals surface area contributed by atoms with Gasteiger partial charge >= 0.3 is 0 Å². The predicted molar refractivity (Wildman–Crippen MR) is 60.5 cm³/mol. The van der Waals surface area contributed by atoms with Gasteiger partial charge in [-0.1, -0.05) is 6.92 Å². The molecule has 84 valence electrons. The SMILES string of the molecule is CCCS(=O)(=O)CCCC(Cl)C1CC1. The van der Waals surface area contributed by atoms with Crippen LogP contribution in [0.3, 0.4) is 0 Å². The molecule has 1 fully saturated rings. The van der Waals surface area contributed by atoms with Gasteiger partial charge in [-0.2, -0.15) is 0 Å². The first kappa shape index (κ1) is 12.3. The van der Waals surface area contributed by atoms with Crippen molar-refractivity contribution < 1.29 is 8.42 Å². The smallest absolute Gasteiger partial charge is 0.150 e. The standard InChI is InChI=1S/C10H19ClO2S/c1-2-7-14(12,13)8-3-4-10(11)9-5-6-9/h9-10H,2-8H2,1H3. The normalized spacial score (nSPS) is 19.6. The van der Waals surface area contributed by atoms with Gasteiger partial charge < -0.3 is 0 Å². The van der Waals surface area contributed by atoms with Gasteiger partial charge in [0.05, 0.1) is 5.75 Å². The molecule has 14 heavy (non-hydrogen) atoms. The van der Waals surface area contributed by atoms with Gasteiger partial charge in [-0.25, -0.2) is 8.42 Å². The quantitative estimate of drug-likeness (QED) is 0.639. The molecule has 0 heterocycles. The van der Waals surface area contributed by atoms with Crippen LogP contribution >= 0.6 is 11.6 Å². The van der Waals surface area contributed by atoms with Crippen LogP contribution in [0, 0.1) is 5.92 Å². The molecule has 0 aromatic rings. The Morgan fingerprint density at radius 1 is 1.36 bits per heavy atom. The molecule has 1 aliphatic rings. The van der Waals surface area contributed by atoms with Crippen molar-refractivity contribution in [1.29, 1.82) is 0 Å². The average molecular weight is 239 g/mol. The summed E-state index contributed by atoms with van der Waals surface area (Å²) in [5.41, 5.74) is 0. The lowest BCUT2D eigenvalue weighted by Gasteiger charge is -2.07. The summed E-state index contributed by atoms with van der Waals surface area (Å²) >= 11 is 6.09. The molecule has 0 aliphatic heterocycles. The largest absolute Gasteiger partial charge is 0.229 e. The fourth-order valence-corrected chi connectivity index (χ4v) is 3.44. The lowest BCUT2D eigenvalue weighted by Crippen LogP contribution is -2.12. The van der Waals surface area contributed by atoms with Gasteiger partial charge in [0.1, 0.15) is 9.84 Å². The summed E-state index contributed by atoms with van der Waals surface area (Å²) in [5.74, 6) is 1.31.